The molecule has 0 unspecified atom stereocenters. The lowest BCUT2D eigenvalue weighted by Crippen LogP contribution is -2.58. The average molecular weight is 397 g/mol. The molecular formula is C17H18F7N3. The third kappa shape index (κ3) is 3.61. The third-order valence-corrected chi connectivity index (χ3v) is 4.19. The minimum atomic E-state index is -6.41. The van der Waals surface area contributed by atoms with Crippen LogP contribution in [0.15, 0.2) is 23.3 Å². The fourth-order valence-corrected chi connectivity index (χ4v) is 2.83. The molecule has 2 aromatic rings. The molecule has 0 saturated heterocycles. The van der Waals surface area contributed by atoms with Gasteiger partial charge in [-0.15, -0.1) is 0 Å². The number of benzene rings is 1. The Labute approximate surface area is 150 Å². The highest BCUT2D eigenvalue weighted by Crippen LogP contribution is 2.45. The average Bonchev–Trinajstić information content (AvgIpc) is 2.81. The molecule has 27 heavy (non-hydrogen) atoms. The van der Waals surface area contributed by atoms with Crippen molar-refractivity contribution in [2.24, 2.45) is 5.10 Å². The third-order valence-electron chi connectivity index (χ3n) is 4.19. The molecular weight excluding hydrogens is 379 g/mol. The molecule has 0 saturated carbocycles. The van der Waals surface area contributed by atoms with Gasteiger partial charge in [-0.05, 0) is 25.8 Å². The first-order valence-corrected chi connectivity index (χ1v) is 8.06. The maximum atomic E-state index is 13.3. The van der Waals surface area contributed by atoms with E-state index in [4.69, 9.17) is 0 Å². The number of rotatable bonds is 6. The van der Waals surface area contributed by atoms with Crippen molar-refractivity contribution < 1.29 is 30.7 Å². The van der Waals surface area contributed by atoms with Crippen molar-refractivity contribution in [1.29, 1.82) is 0 Å². The number of nitrogens with one attached hydrogen (secondary N) is 1. The van der Waals surface area contributed by atoms with E-state index in [1.165, 1.54) is 0 Å². The van der Waals surface area contributed by atoms with E-state index in [1.54, 1.807) is 19.1 Å². The molecule has 1 heterocycles. The van der Waals surface area contributed by atoms with Crippen LogP contribution in [-0.4, -0.2) is 28.9 Å². The van der Waals surface area contributed by atoms with Crippen molar-refractivity contribution in [1.82, 2.24) is 9.99 Å². The lowest BCUT2D eigenvalue weighted by molar-refractivity contribution is -0.361. The van der Waals surface area contributed by atoms with E-state index < -0.39 is 18.1 Å². The first-order valence-electron chi connectivity index (χ1n) is 8.06. The molecule has 1 N–H and O–H groups in total. The number of hydrogen-bond donors (Lipinski definition) is 1. The fraction of sp³-hybridized carbons (Fsp3) is 0.471. The minimum Gasteiger partial charge on any atom is -0.344 e. The van der Waals surface area contributed by atoms with Crippen molar-refractivity contribution in [3.05, 3.63) is 35.0 Å². The topological polar surface area (TPSA) is 29.3 Å². The molecule has 1 aromatic carbocycles. The van der Waals surface area contributed by atoms with Crippen LogP contribution in [0.1, 0.15) is 30.2 Å². The van der Waals surface area contributed by atoms with E-state index in [9.17, 15) is 30.7 Å². The summed E-state index contributed by atoms with van der Waals surface area (Å²) in [7, 11) is 0. The van der Waals surface area contributed by atoms with E-state index in [2.05, 4.69) is 5.10 Å². The second-order valence-electron chi connectivity index (χ2n) is 6.14. The molecule has 0 aliphatic heterocycles. The van der Waals surface area contributed by atoms with Crippen LogP contribution in [0.5, 0.6) is 0 Å². The summed E-state index contributed by atoms with van der Waals surface area (Å²) in [5, 5.41) is 3.63. The van der Waals surface area contributed by atoms with Gasteiger partial charge < -0.3 is 4.57 Å². The van der Waals surface area contributed by atoms with Crippen LogP contribution in [0.4, 0.5) is 30.7 Å². The maximum absolute atomic E-state index is 13.3. The van der Waals surface area contributed by atoms with Crippen LogP contribution in [0.25, 0.3) is 10.9 Å². The van der Waals surface area contributed by atoms with Gasteiger partial charge in [0.1, 0.15) is 0 Å². The zero-order chi connectivity index (χ0) is 20.6. The van der Waals surface area contributed by atoms with Crippen LogP contribution >= 0.6 is 0 Å². The highest BCUT2D eigenvalue weighted by Gasteiger charge is 2.73. The number of aromatic nitrogens is 1. The van der Waals surface area contributed by atoms with Gasteiger partial charge in [0.05, 0.1) is 11.7 Å². The molecule has 3 nitrogen and oxygen atoms in total. The van der Waals surface area contributed by atoms with E-state index in [0.29, 0.717) is 28.6 Å². The van der Waals surface area contributed by atoms with Gasteiger partial charge in [-0.2, -0.15) is 35.8 Å². The molecule has 0 atom stereocenters. The molecule has 10 heteroatoms. The van der Waals surface area contributed by atoms with E-state index in [-0.39, 0.29) is 0 Å². The standard InChI is InChI=1S/C17H18F7N3/c1-4-8-27-11(3)13(12-7-5-6-10(2)14(12)27)9-25-26-17(23,24)15(18,19)16(20,21)22/h5-7,9,26H,4,8H2,1-3H3/b25-9+. The summed E-state index contributed by atoms with van der Waals surface area (Å²) in [6.45, 7) is 6.11. The summed E-state index contributed by atoms with van der Waals surface area (Å²) >= 11 is 0. The molecule has 0 spiro atoms. The Balaban J connectivity index is 2.42. The number of halogens is 7. The Morgan fingerprint density at radius 3 is 2.26 bits per heavy atom. The lowest BCUT2D eigenvalue weighted by Gasteiger charge is -2.27. The Morgan fingerprint density at radius 2 is 1.70 bits per heavy atom. The minimum absolute atomic E-state index is 0.362. The molecule has 0 bridgehead atoms. The molecule has 2 rings (SSSR count). The number of hydrogen-bond acceptors (Lipinski definition) is 2. The summed E-state index contributed by atoms with van der Waals surface area (Å²) in [5.41, 5.74) is 3.39. The first kappa shape index (κ1) is 21.0. The zero-order valence-corrected chi connectivity index (χ0v) is 14.8. The molecule has 0 radical (unpaired) electrons. The number of hydrazone groups is 1. The predicted octanol–water partition coefficient (Wildman–Crippen LogP) is 5.38. The fourth-order valence-electron chi connectivity index (χ4n) is 2.83. The molecule has 0 amide bonds. The largest absolute Gasteiger partial charge is 0.462 e. The summed E-state index contributed by atoms with van der Waals surface area (Å²) < 4.78 is 90.8. The summed E-state index contributed by atoms with van der Waals surface area (Å²) in [4.78, 5) is 0. The van der Waals surface area contributed by atoms with Crippen LogP contribution < -0.4 is 5.43 Å². The second-order valence-corrected chi connectivity index (χ2v) is 6.14. The normalized spacial score (nSPS) is 13.7. The second kappa shape index (κ2) is 7.05. The summed E-state index contributed by atoms with van der Waals surface area (Å²) in [5.74, 6) is -6.26. The summed E-state index contributed by atoms with van der Waals surface area (Å²) in [6, 6.07) is -0.311. The van der Waals surface area contributed by atoms with Crippen LogP contribution in [0.2, 0.25) is 0 Å². The Hall–Kier alpha value is -2.26. The Kier molecular flexibility index (Phi) is 5.49. The van der Waals surface area contributed by atoms with Crippen LogP contribution in [0.3, 0.4) is 0 Å². The zero-order valence-electron chi connectivity index (χ0n) is 14.8. The molecule has 0 aliphatic carbocycles. The van der Waals surface area contributed by atoms with Gasteiger partial charge in [0.2, 0.25) is 0 Å². The quantitative estimate of drug-likeness (QED) is 0.302. The Morgan fingerprint density at radius 1 is 1.07 bits per heavy atom. The van der Waals surface area contributed by atoms with Crippen LogP contribution in [0, 0.1) is 13.8 Å². The summed E-state index contributed by atoms with van der Waals surface area (Å²) in [6.07, 6.45) is -4.80. The maximum Gasteiger partial charge on any atom is 0.462 e. The van der Waals surface area contributed by atoms with Gasteiger partial charge in [-0.1, -0.05) is 25.1 Å². The smallest absolute Gasteiger partial charge is 0.344 e. The molecule has 0 fully saturated rings. The van der Waals surface area contributed by atoms with Gasteiger partial charge in [0, 0.05) is 23.2 Å². The van der Waals surface area contributed by atoms with Gasteiger partial charge in [0.25, 0.3) is 0 Å². The lowest BCUT2D eigenvalue weighted by atomic mass is 10.1. The van der Waals surface area contributed by atoms with E-state index in [1.807, 2.05) is 24.5 Å². The Bertz CT molecular complexity index is 850. The van der Waals surface area contributed by atoms with Crippen molar-refractivity contribution in [2.45, 2.75) is 51.9 Å². The van der Waals surface area contributed by atoms with E-state index in [0.717, 1.165) is 23.7 Å². The molecule has 150 valence electrons. The highest BCUT2D eigenvalue weighted by atomic mass is 19.4. The number of aryl methyl sites for hydroxylation is 2. The van der Waals surface area contributed by atoms with Crippen molar-refractivity contribution in [3.8, 4) is 0 Å². The van der Waals surface area contributed by atoms with E-state index >= 15 is 0 Å². The molecule has 1 aromatic heterocycles. The molecule has 0 aliphatic rings. The van der Waals surface area contributed by atoms with Gasteiger partial charge >= 0.3 is 18.1 Å². The van der Waals surface area contributed by atoms with Gasteiger partial charge in [0.15, 0.2) is 0 Å². The van der Waals surface area contributed by atoms with Gasteiger partial charge in [-0.25, -0.2) is 5.43 Å². The monoisotopic (exact) mass is 397 g/mol. The van der Waals surface area contributed by atoms with Crippen LogP contribution in [-0.2, 0) is 6.54 Å². The number of para-hydroxylation sites is 1. The SMILES string of the molecule is CCCn1c(C)c(/C=N/NC(F)(F)C(F)(F)C(F)(F)F)c2cccc(C)c21. The van der Waals surface area contributed by atoms with Gasteiger partial charge in [-0.3, -0.25) is 0 Å². The first-order chi connectivity index (χ1) is 12.3. The van der Waals surface area contributed by atoms with Crippen molar-refractivity contribution >= 4 is 17.1 Å². The number of alkyl halides is 7. The highest BCUT2D eigenvalue weighted by molar-refractivity contribution is 6.02. The van der Waals surface area contributed by atoms with Crippen molar-refractivity contribution in [2.75, 3.05) is 0 Å². The predicted molar refractivity (Wildman–Crippen MR) is 88.4 cm³/mol. The number of fused-ring (bicyclic) bond motifs is 1. The number of nitrogens with zero attached hydrogens (tertiary/aromatic N) is 2. The van der Waals surface area contributed by atoms with Crippen molar-refractivity contribution in [3.63, 3.8) is 0 Å².